The van der Waals surface area contributed by atoms with Gasteiger partial charge in [-0.15, -0.1) is 0 Å². The molecule has 6 heteroatoms. The fraction of sp³-hybridized carbons (Fsp3) is 0.591. The molecule has 4 rings (SSSR count). The Bertz CT molecular complexity index is 1390. The predicted molar refractivity (Wildman–Crippen MR) is 202 cm³/mol. The van der Waals surface area contributed by atoms with Crippen LogP contribution in [0.15, 0.2) is 60.7 Å². The zero-order chi connectivity index (χ0) is 36.0. The Labute approximate surface area is 301 Å². The lowest BCUT2D eigenvalue weighted by Gasteiger charge is -2.38. The van der Waals surface area contributed by atoms with E-state index >= 15 is 0 Å². The lowest BCUT2D eigenvalue weighted by molar-refractivity contribution is -0.145. The zero-order valence-electron chi connectivity index (χ0n) is 31.0. The molecule has 0 amide bonds. The maximum Gasteiger partial charge on any atom is 0.335 e. The number of carbonyl (C=O) groups excluding carboxylic acids is 2. The van der Waals surface area contributed by atoms with Gasteiger partial charge in [0.15, 0.2) is 0 Å². The highest BCUT2D eigenvalue weighted by atomic mass is 16.5. The number of hydrogen-bond donors (Lipinski definition) is 2. The number of carbonyl (C=O) groups is 2. The van der Waals surface area contributed by atoms with E-state index in [1.54, 1.807) is 0 Å². The molecule has 2 aromatic carbocycles. The van der Waals surface area contributed by atoms with Crippen LogP contribution in [0.2, 0.25) is 0 Å². The number of aliphatic hydroxyl groups excluding tert-OH is 2. The van der Waals surface area contributed by atoms with Crippen molar-refractivity contribution in [2.24, 2.45) is 23.7 Å². The first-order valence-corrected chi connectivity index (χ1v) is 19.3. The minimum absolute atomic E-state index is 0.00108. The fourth-order valence-corrected chi connectivity index (χ4v) is 8.35. The second-order valence-corrected chi connectivity index (χ2v) is 15.1. The summed E-state index contributed by atoms with van der Waals surface area (Å²) in [6, 6.07) is 14.4. The van der Waals surface area contributed by atoms with Crippen molar-refractivity contribution in [1.82, 2.24) is 0 Å². The van der Waals surface area contributed by atoms with Crippen molar-refractivity contribution in [3.8, 4) is 11.1 Å². The molecular weight excluding hydrogens is 624 g/mol. The first kappa shape index (κ1) is 39.6. The topological polar surface area (TPSA) is 93.1 Å². The number of hydrogen-bond acceptors (Lipinski definition) is 6. The smallest absolute Gasteiger partial charge is 0.335 e. The average molecular weight is 687 g/mol. The van der Waals surface area contributed by atoms with Gasteiger partial charge in [-0.1, -0.05) is 89.1 Å². The van der Waals surface area contributed by atoms with Gasteiger partial charge in [0.05, 0.1) is 37.6 Å². The molecule has 0 bridgehead atoms. The highest BCUT2D eigenvalue weighted by Gasteiger charge is 2.32. The normalized spacial score (nSPS) is 20.8. The van der Waals surface area contributed by atoms with Crippen molar-refractivity contribution in [3.05, 3.63) is 83.0 Å². The van der Waals surface area contributed by atoms with Crippen LogP contribution in [-0.4, -0.2) is 48.6 Å². The Kier molecular flexibility index (Phi) is 15.8. The van der Waals surface area contributed by atoms with Crippen molar-refractivity contribution < 1.29 is 29.3 Å². The summed E-state index contributed by atoms with van der Waals surface area (Å²) in [4.78, 5) is 24.2. The van der Waals surface area contributed by atoms with Gasteiger partial charge in [-0.3, -0.25) is 0 Å². The molecular formula is C44H62O6. The number of rotatable bonds is 18. The zero-order valence-corrected chi connectivity index (χ0v) is 31.0. The lowest BCUT2D eigenvalue weighted by Crippen LogP contribution is -2.28. The molecule has 2 saturated carbocycles. The minimum atomic E-state index is -0.636. The van der Waals surface area contributed by atoms with Gasteiger partial charge < -0.3 is 19.7 Å². The third-order valence-corrected chi connectivity index (χ3v) is 11.5. The number of benzene rings is 2. The summed E-state index contributed by atoms with van der Waals surface area (Å²) in [6.07, 6.45) is 16.6. The largest absolute Gasteiger partial charge is 0.462 e. The van der Waals surface area contributed by atoms with Crippen molar-refractivity contribution >= 4 is 11.9 Å². The summed E-state index contributed by atoms with van der Waals surface area (Å²) in [5.41, 5.74) is 8.60. The third-order valence-electron chi connectivity index (χ3n) is 11.5. The molecule has 50 heavy (non-hydrogen) atoms. The van der Waals surface area contributed by atoms with Crippen LogP contribution in [0, 0.1) is 30.6 Å². The Balaban J connectivity index is 1.28. The predicted octanol–water partition coefficient (Wildman–Crippen LogP) is 9.23. The molecule has 6 nitrogen and oxygen atoms in total. The number of ether oxygens (including phenoxy) is 2. The first-order chi connectivity index (χ1) is 24.2. The number of esters is 2. The molecule has 2 fully saturated rings. The lowest BCUT2D eigenvalue weighted by atomic mass is 9.67. The molecule has 0 unspecified atom stereocenters. The number of aliphatic hydroxyl groups is 2. The Morgan fingerprint density at radius 1 is 0.780 bits per heavy atom. The van der Waals surface area contributed by atoms with Gasteiger partial charge >= 0.3 is 11.9 Å². The summed E-state index contributed by atoms with van der Waals surface area (Å²) in [5, 5.41) is 18.4. The van der Waals surface area contributed by atoms with Crippen molar-refractivity contribution in [2.75, 3.05) is 26.4 Å². The molecule has 0 aromatic heterocycles. The first-order valence-electron chi connectivity index (χ1n) is 19.3. The highest BCUT2D eigenvalue weighted by molar-refractivity contribution is 5.88. The molecule has 2 aromatic rings. The van der Waals surface area contributed by atoms with Gasteiger partial charge in [0, 0.05) is 5.92 Å². The van der Waals surface area contributed by atoms with E-state index in [9.17, 15) is 19.8 Å². The molecule has 0 saturated heterocycles. The third kappa shape index (κ3) is 11.1. The summed E-state index contributed by atoms with van der Waals surface area (Å²) < 4.78 is 10.8. The Hall–Kier alpha value is -3.22. The van der Waals surface area contributed by atoms with E-state index in [2.05, 4.69) is 70.3 Å². The monoisotopic (exact) mass is 686 g/mol. The summed E-state index contributed by atoms with van der Waals surface area (Å²) >= 11 is 0. The van der Waals surface area contributed by atoms with Crippen LogP contribution in [0.4, 0.5) is 0 Å². The Morgan fingerprint density at radius 3 is 1.92 bits per heavy atom. The van der Waals surface area contributed by atoms with E-state index in [1.807, 2.05) is 0 Å². The molecule has 274 valence electrons. The molecule has 0 aliphatic heterocycles. The van der Waals surface area contributed by atoms with E-state index in [0.717, 1.165) is 37.5 Å². The average Bonchev–Trinajstić information content (AvgIpc) is 3.15. The van der Waals surface area contributed by atoms with Gasteiger partial charge in [-0.2, -0.15) is 0 Å². The second kappa shape index (κ2) is 20.0. The van der Waals surface area contributed by atoms with Crippen LogP contribution in [-0.2, 0) is 31.9 Å². The van der Waals surface area contributed by atoms with Gasteiger partial charge in [0.25, 0.3) is 0 Å². The SMILES string of the molecule is C=C(CO)C(=O)OCC(COC(=O)C(=C)CO)CC1CCC(C2CCC(c3ccc(-c4ccc(CCCCC)c(C)c4)c(CC)c3)CC2)CC1. The maximum atomic E-state index is 12.1. The minimum Gasteiger partial charge on any atom is -0.462 e. The Morgan fingerprint density at radius 2 is 1.38 bits per heavy atom. The van der Waals surface area contributed by atoms with Crippen LogP contribution in [0.25, 0.3) is 11.1 Å². The summed E-state index contributed by atoms with van der Waals surface area (Å²) in [6.45, 7) is 13.2. The molecule has 0 radical (unpaired) electrons. The van der Waals surface area contributed by atoms with E-state index in [1.165, 1.54) is 97.6 Å². The summed E-state index contributed by atoms with van der Waals surface area (Å²) in [7, 11) is 0. The van der Waals surface area contributed by atoms with Crippen LogP contribution >= 0.6 is 0 Å². The molecule has 0 atom stereocenters. The fourth-order valence-electron chi connectivity index (χ4n) is 8.35. The maximum absolute atomic E-state index is 12.1. The molecule has 2 aliphatic carbocycles. The molecule has 2 aliphatic rings. The summed E-state index contributed by atoms with van der Waals surface area (Å²) in [5.74, 6) is 1.20. The molecule has 0 heterocycles. The van der Waals surface area contributed by atoms with E-state index in [0.29, 0.717) is 11.8 Å². The van der Waals surface area contributed by atoms with E-state index < -0.39 is 25.2 Å². The quantitative estimate of drug-likeness (QED) is 0.0923. The standard InChI is InChI=1S/C44H62O6/c1-6-8-9-10-36-15-20-41(23-30(36)3)42-22-21-40(25-35(42)7-2)39-18-16-38(17-19-39)37-13-11-33(12-14-37)24-34(28-49-43(47)31(4)26-45)29-50-44(48)32(5)27-46/h15,20-23,25,33-34,37-39,45-46H,4-14,16-19,24,26-29H2,1-3H3. The van der Waals surface area contributed by atoms with Crippen molar-refractivity contribution in [2.45, 2.75) is 117 Å². The van der Waals surface area contributed by atoms with Crippen molar-refractivity contribution in [1.29, 1.82) is 0 Å². The van der Waals surface area contributed by atoms with E-state index in [4.69, 9.17) is 9.47 Å². The van der Waals surface area contributed by atoms with Crippen molar-refractivity contribution in [3.63, 3.8) is 0 Å². The number of aryl methyl sites for hydroxylation is 3. The van der Waals surface area contributed by atoms with Crippen LogP contribution in [0.1, 0.15) is 119 Å². The number of unbranched alkanes of at least 4 members (excludes halogenated alkanes) is 2. The van der Waals surface area contributed by atoms with Crippen LogP contribution < -0.4 is 0 Å². The van der Waals surface area contributed by atoms with Gasteiger partial charge in [-0.05, 0) is 128 Å². The second-order valence-electron chi connectivity index (χ2n) is 15.1. The van der Waals surface area contributed by atoms with E-state index in [-0.39, 0.29) is 30.3 Å². The van der Waals surface area contributed by atoms with Crippen LogP contribution in [0.3, 0.4) is 0 Å². The van der Waals surface area contributed by atoms with Crippen LogP contribution in [0.5, 0.6) is 0 Å². The highest BCUT2D eigenvalue weighted by Crippen LogP contribution is 2.45. The molecule has 0 spiro atoms. The van der Waals surface area contributed by atoms with Gasteiger partial charge in [0.1, 0.15) is 0 Å². The van der Waals surface area contributed by atoms with Gasteiger partial charge in [0.2, 0.25) is 0 Å². The van der Waals surface area contributed by atoms with Gasteiger partial charge in [-0.25, -0.2) is 9.59 Å². The molecule has 2 N–H and O–H groups in total.